The number of ether oxygens (including phenoxy) is 1. The average molecular weight is 284 g/mol. The van der Waals surface area contributed by atoms with E-state index in [9.17, 15) is 8.42 Å². The molecule has 0 atom stereocenters. The molecule has 0 unspecified atom stereocenters. The lowest BCUT2D eigenvalue weighted by molar-refractivity contribution is 0.184. The first-order valence-electron chi connectivity index (χ1n) is 6.56. The van der Waals surface area contributed by atoms with E-state index in [0.717, 1.165) is 25.7 Å². The fraction of sp³-hybridized carbons (Fsp3) is 0.538. The molecule has 0 amide bonds. The summed E-state index contributed by atoms with van der Waals surface area (Å²) in [6.07, 6.45) is 6.82. The summed E-state index contributed by atoms with van der Waals surface area (Å²) in [6, 6.07) is 4.68. The van der Waals surface area contributed by atoms with Crippen LogP contribution < -0.4 is 15.6 Å². The number of benzene rings is 1. The molecule has 0 saturated heterocycles. The quantitative estimate of drug-likeness (QED) is 0.655. The van der Waals surface area contributed by atoms with Gasteiger partial charge in [-0.1, -0.05) is 18.9 Å². The van der Waals surface area contributed by atoms with Crippen molar-refractivity contribution < 1.29 is 13.2 Å². The van der Waals surface area contributed by atoms with E-state index in [-0.39, 0.29) is 16.7 Å². The van der Waals surface area contributed by atoms with Crippen LogP contribution in [-0.4, -0.2) is 14.5 Å². The predicted molar refractivity (Wildman–Crippen MR) is 74.3 cm³/mol. The number of anilines is 1. The molecule has 0 radical (unpaired) electrons. The maximum absolute atomic E-state index is 11.4. The number of primary sulfonamides is 1. The Kier molecular flexibility index (Phi) is 4.31. The monoisotopic (exact) mass is 284 g/mol. The van der Waals surface area contributed by atoms with Crippen LogP contribution in [0.4, 0.5) is 5.69 Å². The summed E-state index contributed by atoms with van der Waals surface area (Å²) >= 11 is 0. The van der Waals surface area contributed by atoms with Crippen LogP contribution in [0.15, 0.2) is 23.1 Å². The van der Waals surface area contributed by atoms with Crippen molar-refractivity contribution in [1.82, 2.24) is 0 Å². The van der Waals surface area contributed by atoms with Crippen molar-refractivity contribution in [3.63, 3.8) is 0 Å². The molecule has 5 nitrogen and oxygen atoms in total. The standard InChI is InChI=1S/C13H20N2O3S/c14-13-11(8-5-9-12(13)19(15,16)17)18-10-6-3-1-2-4-7-10/h5,8-10H,1-4,6-7,14H2,(H2,15,16,17). The molecule has 0 bridgehead atoms. The van der Waals surface area contributed by atoms with Gasteiger partial charge in [-0.3, -0.25) is 0 Å². The number of sulfonamides is 1. The number of nitrogens with two attached hydrogens (primary N) is 2. The van der Waals surface area contributed by atoms with E-state index in [1.165, 1.54) is 18.9 Å². The summed E-state index contributed by atoms with van der Waals surface area (Å²) in [5.74, 6) is 0.415. The van der Waals surface area contributed by atoms with Gasteiger partial charge in [-0.05, 0) is 37.8 Å². The predicted octanol–water partition coefficient (Wildman–Crippen LogP) is 2.02. The smallest absolute Gasteiger partial charge is 0.240 e. The van der Waals surface area contributed by atoms with E-state index in [0.29, 0.717) is 5.75 Å². The first-order chi connectivity index (χ1) is 8.98. The Balaban J connectivity index is 2.21. The number of hydrogen-bond acceptors (Lipinski definition) is 4. The van der Waals surface area contributed by atoms with E-state index in [2.05, 4.69) is 0 Å². The lowest BCUT2D eigenvalue weighted by Crippen LogP contribution is -2.18. The fourth-order valence-corrected chi connectivity index (χ4v) is 3.09. The molecule has 0 aromatic heterocycles. The van der Waals surface area contributed by atoms with Gasteiger partial charge in [0.1, 0.15) is 10.6 Å². The zero-order chi connectivity index (χ0) is 13.9. The van der Waals surface area contributed by atoms with Gasteiger partial charge in [0.2, 0.25) is 10.0 Å². The number of nitrogen functional groups attached to an aromatic ring is 1. The van der Waals surface area contributed by atoms with Crippen molar-refractivity contribution in [3.8, 4) is 5.75 Å². The summed E-state index contributed by atoms with van der Waals surface area (Å²) in [5, 5.41) is 5.12. The molecule has 1 aromatic carbocycles. The van der Waals surface area contributed by atoms with Gasteiger partial charge in [0.15, 0.2) is 0 Å². The van der Waals surface area contributed by atoms with E-state index in [4.69, 9.17) is 15.6 Å². The highest BCUT2D eigenvalue weighted by molar-refractivity contribution is 7.89. The summed E-state index contributed by atoms with van der Waals surface area (Å²) < 4.78 is 28.6. The van der Waals surface area contributed by atoms with Gasteiger partial charge in [-0.25, -0.2) is 13.6 Å². The molecular weight excluding hydrogens is 264 g/mol. The summed E-state index contributed by atoms with van der Waals surface area (Å²) in [4.78, 5) is -0.0707. The Labute approximate surface area is 114 Å². The Morgan fingerprint density at radius 2 is 1.74 bits per heavy atom. The topological polar surface area (TPSA) is 95.4 Å². The van der Waals surface area contributed by atoms with Crippen molar-refractivity contribution in [3.05, 3.63) is 18.2 Å². The minimum atomic E-state index is -3.81. The van der Waals surface area contributed by atoms with Gasteiger partial charge in [-0.15, -0.1) is 0 Å². The molecule has 1 fully saturated rings. The summed E-state index contributed by atoms with van der Waals surface area (Å²) in [6.45, 7) is 0. The molecule has 2 rings (SSSR count). The van der Waals surface area contributed by atoms with E-state index in [1.54, 1.807) is 12.1 Å². The molecule has 1 aliphatic carbocycles. The Morgan fingerprint density at radius 3 is 2.32 bits per heavy atom. The highest BCUT2D eigenvalue weighted by atomic mass is 32.2. The second-order valence-corrected chi connectivity index (χ2v) is 6.47. The molecular formula is C13H20N2O3S. The number of rotatable bonds is 3. The molecule has 0 spiro atoms. The molecule has 1 aromatic rings. The minimum Gasteiger partial charge on any atom is -0.488 e. The molecule has 0 aliphatic heterocycles. The van der Waals surface area contributed by atoms with Gasteiger partial charge in [0, 0.05) is 0 Å². The zero-order valence-electron chi connectivity index (χ0n) is 10.8. The largest absolute Gasteiger partial charge is 0.488 e. The fourth-order valence-electron chi connectivity index (χ4n) is 2.41. The first-order valence-corrected chi connectivity index (χ1v) is 8.11. The minimum absolute atomic E-state index is 0.0707. The van der Waals surface area contributed by atoms with Crippen LogP contribution in [0, 0.1) is 0 Å². The second kappa shape index (κ2) is 5.79. The molecule has 19 heavy (non-hydrogen) atoms. The number of para-hydroxylation sites is 1. The zero-order valence-corrected chi connectivity index (χ0v) is 11.7. The first kappa shape index (κ1) is 14.1. The van der Waals surface area contributed by atoms with Crippen LogP contribution in [0.1, 0.15) is 38.5 Å². The molecule has 106 valence electrons. The maximum atomic E-state index is 11.4. The molecule has 0 heterocycles. The Hall–Kier alpha value is -1.27. The molecule has 6 heteroatoms. The van der Waals surface area contributed by atoms with Crippen LogP contribution in [0.5, 0.6) is 5.75 Å². The van der Waals surface area contributed by atoms with E-state index >= 15 is 0 Å². The van der Waals surface area contributed by atoms with Gasteiger partial charge in [0.05, 0.1) is 11.8 Å². The van der Waals surface area contributed by atoms with Gasteiger partial charge in [-0.2, -0.15) is 0 Å². The summed E-state index contributed by atoms with van der Waals surface area (Å²) in [7, 11) is -3.81. The lowest BCUT2D eigenvalue weighted by Gasteiger charge is -2.19. The third-order valence-corrected chi connectivity index (χ3v) is 4.40. The van der Waals surface area contributed by atoms with Crippen molar-refractivity contribution in [2.75, 3.05) is 5.73 Å². The van der Waals surface area contributed by atoms with Crippen molar-refractivity contribution in [2.45, 2.75) is 49.5 Å². The third kappa shape index (κ3) is 3.61. The molecule has 1 aliphatic rings. The SMILES string of the molecule is Nc1c(OC2CCCCCC2)cccc1S(N)(=O)=O. The van der Waals surface area contributed by atoms with Crippen LogP contribution >= 0.6 is 0 Å². The highest BCUT2D eigenvalue weighted by Crippen LogP contribution is 2.31. The van der Waals surface area contributed by atoms with Gasteiger partial charge >= 0.3 is 0 Å². The van der Waals surface area contributed by atoms with Crippen molar-refractivity contribution >= 4 is 15.7 Å². The Morgan fingerprint density at radius 1 is 1.11 bits per heavy atom. The van der Waals surface area contributed by atoms with Gasteiger partial charge in [0.25, 0.3) is 0 Å². The molecule has 4 N–H and O–H groups in total. The van der Waals surface area contributed by atoms with Crippen molar-refractivity contribution in [1.29, 1.82) is 0 Å². The van der Waals surface area contributed by atoms with Crippen LogP contribution in [0.3, 0.4) is 0 Å². The van der Waals surface area contributed by atoms with Crippen LogP contribution in [-0.2, 0) is 10.0 Å². The normalized spacial score (nSPS) is 17.9. The summed E-state index contributed by atoms with van der Waals surface area (Å²) in [5.41, 5.74) is 5.95. The van der Waals surface area contributed by atoms with Gasteiger partial charge < -0.3 is 10.5 Å². The lowest BCUT2D eigenvalue weighted by atomic mass is 10.1. The second-order valence-electron chi connectivity index (χ2n) is 4.94. The van der Waals surface area contributed by atoms with Crippen molar-refractivity contribution in [2.24, 2.45) is 5.14 Å². The highest BCUT2D eigenvalue weighted by Gasteiger charge is 2.19. The maximum Gasteiger partial charge on any atom is 0.240 e. The van der Waals surface area contributed by atoms with Crippen LogP contribution in [0.25, 0.3) is 0 Å². The Bertz CT molecular complexity index is 535. The third-order valence-electron chi connectivity index (χ3n) is 3.43. The average Bonchev–Trinajstić information content (AvgIpc) is 2.59. The molecule has 1 saturated carbocycles. The van der Waals surface area contributed by atoms with Crippen LogP contribution in [0.2, 0.25) is 0 Å². The number of hydrogen-bond donors (Lipinski definition) is 2. The van der Waals surface area contributed by atoms with E-state index in [1.807, 2.05) is 0 Å². The van der Waals surface area contributed by atoms with E-state index < -0.39 is 10.0 Å².